The van der Waals surface area contributed by atoms with Crippen LogP contribution in [0.2, 0.25) is 0 Å². The minimum atomic E-state index is -1.20. The van der Waals surface area contributed by atoms with Gasteiger partial charge in [0, 0.05) is 0 Å². The quantitative estimate of drug-likeness (QED) is 0.630. The molecule has 5 heteroatoms. The van der Waals surface area contributed by atoms with Gasteiger partial charge >= 0.3 is 5.97 Å². The third-order valence-corrected chi connectivity index (χ3v) is 2.90. The molecular weight excluding hydrogens is 225 g/mol. The molecule has 1 aromatic carbocycles. The lowest BCUT2D eigenvalue weighted by Gasteiger charge is -2.20. The summed E-state index contributed by atoms with van der Waals surface area (Å²) in [6, 6.07) is 8.88. The molecule has 0 saturated carbocycles. The zero-order valence-corrected chi connectivity index (χ0v) is 9.94. The van der Waals surface area contributed by atoms with Crippen molar-refractivity contribution < 1.29 is 14.1 Å². The van der Waals surface area contributed by atoms with E-state index in [0.717, 1.165) is 0 Å². The van der Waals surface area contributed by atoms with Gasteiger partial charge in [-0.3, -0.25) is 9.36 Å². The van der Waals surface area contributed by atoms with Crippen molar-refractivity contribution in [2.45, 2.75) is 18.6 Å². The van der Waals surface area contributed by atoms with Gasteiger partial charge in [-0.05, 0) is 12.5 Å². The van der Waals surface area contributed by atoms with E-state index < -0.39 is 11.2 Å². The number of ether oxygens (including phenoxy) is 1. The SMILES string of the molecule is CCOC(=O)CC(N)(P=O)c1ccccc1. The Balaban J connectivity index is 2.86. The molecule has 0 bridgehead atoms. The normalized spacial score (nSPS) is 14.4. The molecule has 86 valence electrons. The minimum Gasteiger partial charge on any atom is -0.466 e. The van der Waals surface area contributed by atoms with Gasteiger partial charge < -0.3 is 10.5 Å². The van der Waals surface area contributed by atoms with Crippen molar-refractivity contribution in [1.82, 2.24) is 0 Å². The molecule has 2 N–H and O–H groups in total. The molecule has 0 aliphatic carbocycles. The Bertz CT molecular complexity index is 369. The topological polar surface area (TPSA) is 69.4 Å². The molecule has 0 aliphatic heterocycles. The largest absolute Gasteiger partial charge is 0.466 e. The van der Waals surface area contributed by atoms with Crippen LogP contribution in [0.3, 0.4) is 0 Å². The van der Waals surface area contributed by atoms with Gasteiger partial charge in [-0.15, -0.1) is 0 Å². The van der Waals surface area contributed by atoms with Crippen molar-refractivity contribution in [3.8, 4) is 0 Å². The van der Waals surface area contributed by atoms with Gasteiger partial charge in [0.2, 0.25) is 0 Å². The first-order valence-electron chi connectivity index (χ1n) is 4.97. The fourth-order valence-corrected chi connectivity index (χ4v) is 1.79. The first-order valence-corrected chi connectivity index (χ1v) is 5.78. The van der Waals surface area contributed by atoms with Crippen molar-refractivity contribution in [2.75, 3.05) is 6.61 Å². The fraction of sp³-hybridized carbons (Fsp3) is 0.364. The maximum absolute atomic E-state index is 11.3. The molecule has 4 nitrogen and oxygen atoms in total. The third-order valence-electron chi connectivity index (χ3n) is 2.16. The first kappa shape index (κ1) is 12.8. The summed E-state index contributed by atoms with van der Waals surface area (Å²) >= 11 is 0. The smallest absolute Gasteiger partial charge is 0.308 e. The van der Waals surface area contributed by atoms with E-state index in [1.54, 1.807) is 31.2 Å². The number of esters is 1. The van der Waals surface area contributed by atoms with Crippen molar-refractivity contribution in [3.05, 3.63) is 35.9 Å². The Hall–Kier alpha value is -1.25. The van der Waals surface area contributed by atoms with Gasteiger partial charge in [-0.1, -0.05) is 30.3 Å². The summed E-state index contributed by atoms with van der Waals surface area (Å²) in [5, 5.41) is -1.20. The molecule has 0 aliphatic rings. The molecule has 16 heavy (non-hydrogen) atoms. The maximum atomic E-state index is 11.3. The number of nitrogens with two attached hydrogens (primary N) is 1. The van der Waals surface area contributed by atoms with Crippen LogP contribution in [-0.2, 0) is 19.4 Å². The molecule has 0 radical (unpaired) electrons. The van der Waals surface area contributed by atoms with Crippen LogP contribution in [-0.4, -0.2) is 12.6 Å². The van der Waals surface area contributed by atoms with Crippen LogP contribution in [0.4, 0.5) is 0 Å². The van der Waals surface area contributed by atoms with E-state index in [1.807, 2.05) is 6.07 Å². The predicted octanol–water partition coefficient (Wildman–Crippen LogP) is 2.04. The molecule has 0 fully saturated rings. The van der Waals surface area contributed by atoms with Crippen LogP contribution in [0.15, 0.2) is 30.3 Å². The number of rotatable bonds is 5. The van der Waals surface area contributed by atoms with E-state index in [2.05, 4.69) is 0 Å². The fourth-order valence-electron chi connectivity index (χ4n) is 1.35. The second kappa shape index (κ2) is 5.73. The Morgan fingerprint density at radius 1 is 1.44 bits per heavy atom. The molecule has 0 heterocycles. The summed E-state index contributed by atoms with van der Waals surface area (Å²) in [7, 11) is -0.295. The number of hydrogen-bond acceptors (Lipinski definition) is 4. The number of hydrogen-bond donors (Lipinski definition) is 1. The Morgan fingerprint density at radius 2 is 2.06 bits per heavy atom. The van der Waals surface area contributed by atoms with E-state index >= 15 is 0 Å². The molecule has 1 aromatic rings. The molecule has 0 aromatic heterocycles. The lowest BCUT2D eigenvalue weighted by molar-refractivity contribution is -0.143. The van der Waals surface area contributed by atoms with Crippen LogP contribution >= 0.6 is 8.46 Å². The number of carbonyl (C=O) groups excluding carboxylic acids is 1. The van der Waals surface area contributed by atoms with E-state index in [4.69, 9.17) is 10.5 Å². The number of benzene rings is 1. The molecule has 0 saturated heterocycles. The summed E-state index contributed by atoms with van der Waals surface area (Å²) in [5.41, 5.74) is 6.58. The summed E-state index contributed by atoms with van der Waals surface area (Å²) in [5.74, 6) is -0.447. The maximum Gasteiger partial charge on any atom is 0.308 e. The molecular formula is C11H14NO3P. The highest BCUT2D eigenvalue weighted by Crippen LogP contribution is 2.33. The average Bonchev–Trinajstić information content (AvgIpc) is 2.30. The first-order chi connectivity index (χ1) is 7.62. The van der Waals surface area contributed by atoms with Gasteiger partial charge in [-0.25, -0.2) is 0 Å². The minimum absolute atomic E-state index is 0.101. The van der Waals surface area contributed by atoms with Gasteiger partial charge in [-0.2, -0.15) is 0 Å². The molecule has 0 spiro atoms. The summed E-state index contributed by atoms with van der Waals surface area (Å²) in [6.07, 6.45) is -0.101. The summed E-state index contributed by atoms with van der Waals surface area (Å²) in [4.78, 5) is 11.3. The molecule has 0 amide bonds. The molecule has 1 atom stereocenters. The van der Waals surface area contributed by atoms with Crippen molar-refractivity contribution >= 4 is 14.4 Å². The molecule has 1 rings (SSSR count). The van der Waals surface area contributed by atoms with Crippen molar-refractivity contribution in [1.29, 1.82) is 0 Å². The van der Waals surface area contributed by atoms with Crippen LogP contribution in [0, 0.1) is 0 Å². The second-order valence-corrected chi connectivity index (χ2v) is 4.34. The van der Waals surface area contributed by atoms with Gasteiger partial charge in [0.25, 0.3) is 0 Å². The van der Waals surface area contributed by atoms with Crippen LogP contribution in [0.1, 0.15) is 18.9 Å². The zero-order chi connectivity index (χ0) is 12.0. The lowest BCUT2D eigenvalue weighted by Crippen LogP contribution is -2.33. The van der Waals surface area contributed by atoms with Gasteiger partial charge in [0.05, 0.1) is 13.0 Å². The zero-order valence-electron chi connectivity index (χ0n) is 9.05. The average molecular weight is 239 g/mol. The summed E-state index contributed by atoms with van der Waals surface area (Å²) in [6.45, 7) is 2.01. The molecule has 1 unspecified atom stereocenters. The van der Waals surface area contributed by atoms with E-state index in [0.29, 0.717) is 12.2 Å². The Morgan fingerprint density at radius 3 is 2.56 bits per heavy atom. The van der Waals surface area contributed by atoms with Crippen molar-refractivity contribution in [2.24, 2.45) is 5.73 Å². The van der Waals surface area contributed by atoms with E-state index in [1.165, 1.54) is 0 Å². The lowest BCUT2D eigenvalue weighted by atomic mass is 10.0. The summed E-state index contributed by atoms with van der Waals surface area (Å²) < 4.78 is 15.9. The Labute approximate surface area is 96.0 Å². The second-order valence-electron chi connectivity index (χ2n) is 3.36. The van der Waals surface area contributed by atoms with Gasteiger partial charge in [0.15, 0.2) is 8.46 Å². The van der Waals surface area contributed by atoms with E-state index in [9.17, 15) is 9.36 Å². The third kappa shape index (κ3) is 3.12. The van der Waals surface area contributed by atoms with Crippen LogP contribution in [0.25, 0.3) is 0 Å². The van der Waals surface area contributed by atoms with E-state index in [-0.39, 0.29) is 14.9 Å². The number of carbonyl (C=O) groups is 1. The van der Waals surface area contributed by atoms with Gasteiger partial charge in [0.1, 0.15) is 5.28 Å². The predicted molar refractivity (Wildman–Crippen MR) is 61.2 cm³/mol. The monoisotopic (exact) mass is 239 g/mol. The highest BCUT2D eigenvalue weighted by molar-refractivity contribution is 7.25. The van der Waals surface area contributed by atoms with Crippen LogP contribution in [0.5, 0.6) is 0 Å². The van der Waals surface area contributed by atoms with Crippen LogP contribution < -0.4 is 5.73 Å². The Kier molecular flexibility index (Phi) is 4.59. The van der Waals surface area contributed by atoms with Crippen molar-refractivity contribution in [3.63, 3.8) is 0 Å². The highest BCUT2D eigenvalue weighted by Gasteiger charge is 2.31. The highest BCUT2D eigenvalue weighted by atomic mass is 31.1. The standard InChI is InChI=1S/C11H14NO3P/c1-2-15-10(13)8-11(12,16-14)9-6-4-3-5-7-9/h3-7H,2,8,12H2,1H3.